The molecule has 2 nitrogen and oxygen atoms in total. The zero-order chi connectivity index (χ0) is 14.5. The van der Waals surface area contributed by atoms with Crippen LogP contribution in [-0.2, 0) is 4.79 Å². The van der Waals surface area contributed by atoms with Crippen molar-refractivity contribution in [1.82, 2.24) is 4.90 Å². The van der Waals surface area contributed by atoms with Gasteiger partial charge in [-0.25, -0.2) is 0 Å². The van der Waals surface area contributed by atoms with E-state index < -0.39 is 0 Å². The van der Waals surface area contributed by atoms with Crippen LogP contribution in [0.5, 0.6) is 0 Å². The Labute approximate surface area is 136 Å². The minimum Gasteiger partial charge on any atom is -0.289 e. The van der Waals surface area contributed by atoms with Crippen molar-refractivity contribution < 1.29 is 4.79 Å². The third kappa shape index (κ3) is 3.69. The number of halogens is 1. The molecule has 0 aromatic heterocycles. The Hall–Kier alpha value is -1.17. The summed E-state index contributed by atoms with van der Waals surface area (Å²) in [6.45, 7) is 4.08. The number of thiocarbonyl (C=S) groups is 1. The fraction of sp³-hybridized carbons (Fsp3) is 0.0667. The van der Waals surface area contributed by atoms with Gasteiger partial charge in [0.25, 0.3) is 5.91 Å². The summed E-state index contributed by atoms with van der Waals surface area (Å²) in [6.07, 6.45) is 5.43. The van der Waals surface area contributed by atoms with E-state index in [1.165, 1.54) is 11.8 Å². The number of amides is 1. The molecule has 0 spiro atoms. The van der Waals surface area contributed by atoms with Gasteiger partial charge in [-0.1, -0.05) is 76.3 Å². The third-order valence-corrected chi connectivity index (χ3v) is 4.39. The number of allylic oxidation sites excluding steroid dienone is 2. The first-order chi connectivity index (χ1) is 9.61. The third-order valence-electron chi connectivity index (χ3n) is 2.56. The van der Waals surface area contributed by atoms with Crippen LogP contribution >= 0.6 is 39.9 Å². The van der Waals surface area contributed by atoms with E-state index >= 15 is 0 Å². The predicted octanol–water partition coefficient (Wildman–Crippen LogP) is 4.35. The first-order valence-corrected chi connectivity index (χ1v) is 7.92. The Balaban J connectivity index is 2.19. The first-order valence-electron chi connectivity index (χ1n) is 5.90. The maximum absolute atomic E-state index is 12.1. The van der Waals surface area contributed by atoms with Gasteiger partial charge >= 0.3 is 0 Å². The molecule has 0 unspecified atom stereocenters. The van der Waals surface area contributed by atoms with Gasteiger partial charge in [0.05, 0.1) is 4.91 Å². The number of hydrogen-bond donors (Lipinski definition) is 0. The predicted molar refractivity (Wildman–Crippen MR) is 93.5 cm³/mol. The molecule has 1 aliphatic rings. The molecule has 1 saturated heterocycles. The van der Waals surface area contributed by atoms with Gasteiger partial charge in [0.2, 0.25) is 0 Å². The van der Waals surface area contributed by atoms with Crippen LogP contribution < -0.4 is 0 Å². The second kappa shape index (κ2) is 7.02. The van der Waals surface area contributed by atoms with E-state index in [2.05, 4.69) is 22.5 Å². The van der Waals surface area contributed by atoms with E-state index in [9.17, 15) is 4.79 Å². The Morgan fingerprint density at radius 2 is 2.10 bits per heavy atom. The van der Waals surface area contributed by atoms with Gasteiger partial charge in [0.15, 0.2) is 0 Å². The van der Waals surface area contributed by atoms with Gasteiger partial charge in [-0.15, -0.1) is 6.58 Å². The van der Waals surface area contributed by atoms with Crippen molar-refractivity contribution in [2.45, 2.75) is 0 Å². The Bertz CT molecular complexity index is 608. The highest BCUT2D eigenvalue weighted by atomic mass is 79.9. The zero-order valence-electron chi connectivity index (χ0n) is 10.6. The highest BCUT2D eigenvalue weighted by Crippen LogP contribution is 2.32. The lowest BCUT2D eigenvalue weighted by Crippen LogP contribution is -2.27. The van der Waals surface area contributed by atoms with E-state index in [1.54, 1.807) is 17.1 Å². The molecule has 2 rings (SSSR count). The van der Waals surface area contributed by atoms with Gasteiger partial charge in [-0.05, 0) is 17.7 Å². The maximum Gasteiger partial charge on any atom is 0.266 e. The monoisotopic (exact) mass is 365 g/mol. The number of thioether (sulfide) groups is 1. The van der Waals surface area contributed by atoms with Crippen molar-refractivity contribution >= 4 is 56.2 Å². The molecule has 5 heteroatoms. The summed E-state index contributed by atoms with van der Waals surface area (Å²) >= 11 is 9.97. The van der Waals surface area contributed by atoms with E-state index in [0.717, 1.165) is 10.0 Å². The van der Waals surface area contributed by atoms with E-state index in [4.69, 9.17) is 12.2 Å². The molecule has 20 heavy (non-hydrogen) atoms. The van der Waals surface area contributed by atoms with Crippen molar-refractivity contribution in [3.63, 3.8) is 0 Å². The Kier molecular flexibility index (Phi) is 5.34. The van der Waals surface area contributed by atoms with Crippen LogP contribution in [0.3, 0.4) is 0 Å². The van der Waals surface area contributed by atoms with Gasteiger partial charge in [-0.2, -0.15) is 0 Å². The molecule has 0 saturated carbocycles. The summed E-state index contributed by atoms with van der Waals surface area (Å²) in [5.74, 6) is -0.0710. The van der Waals surface area contributed by atoms with Gasteiger partial charge in [0, 0.05) is 11.0 Å². The van der Waals surface area contributed by atoms with Crippen LogP contribution in [0.15, 0.2) is 58.5 Å². The number of rotatable bonds is 4. The molecule has 1 aromatic rings. The van der Waals surface area contributed by atoms with Crippen LogP contribution in [0, 0.1) is 0 Å². The molecule has 1 amide bonds. The Morgan fingerprint density at radius 1 is 1.40 bits per heavy atom. The highest BCUT2D eigenvalue weighted by Gasteiger charge is 2.30. The van der Waals surface area contributed by atoms with Gasteiger partial charge in [0.1, 0.15) is 4.32 Å². The summed E-state index contributed by atoms with van der Waals surface area (Å²) in [6, 6.07) is 9.90. The van der Waals surface area contributed by atoms with Crippen molar-refractivity contribution in [2.24, 2.45) is 0 Å². The normalized spacial score (nSPS) is 17.9. The summed E-state index contributed by atoms with van der Waals surface area (Å²) in [5.41, 5.74) is 1.07. The molecular formula is C15H12BrNOS2. The molecule has 0 atom stereocenters. The number of carbonyl (C=O) groups excluding carboxylic acids is 1. The van der Waals surface area contributed by atoms with Crippen LogP contribution in [0.4, 0.5) is 0 Å². The SMILES string of the molecule is C=CCN1C(=O)/C(=C/C(Br)=C/c2ccccc2)SC1=S. The maximum atomic E-state index is 12.1. The van der Waals surface area contributed by atoms with Gasteiger partial charge in [-0.3, -0.25) is 9.69 Å². The molecule has 102 valence electrons. The number of benzene rings is 1. The summed E-state index contributed by atoms with van der Waals surface area (Å²) in [4.78, 5) is 14.3. The van der Waals surface area contributed by atoms with E-state index in [1.807, 2.05) is 36.4 Å². The van der Waals surface area contributed by atoms with Crippen molar-refractivity contribution in [3.8, 4) is 0 Å². The number of carbonyl (C=O) groups is 1. The minimum atomic E-state index is -0.0710. The standard InChI is InChI=1S/C15H12BrNOS2/c1-2-8-17-14(18)13(20-15(17)19)10-12(16)9-11-6-4-3-5-7-11/h2-7,9-10H,1,8H2/b12-9-,13-10-. The molecule has 0 radical (unpaired) electrons. The number of nitrogens with zero attached hydrogens (tertiary/aromatic N) is 1. The molecule has 1 aliphatic heterocycles. The summed E-state index contributed by atoms with van der Waals surface area (Å²) in [5, 5.41) is 0. The average Bonchev–Trinajstić information content (AvgIpc) is 2.68. The number of hydrogen-bond acceptors (Lipinski definition) is 3. The van der Waals surface area contributed by atoms with Gasteiger partial charge < -0.3 is 0 Å². The van der Waals surface area contributed by atoms with Crippen LogP contribution in [0.25, 0.3) is 6.08 Å². The smallest absolute Gasteiger partial charge is 0.266 e. The van der Waals surface area contributed by atoms with Crippen molar-refractivity contribution in [1.29, 1.82) is 0 Å². The lowest BCUT2D eigenvalue weighted by atomic mass is 10.2. The first kappa shape index (κ1) is 15.2. The molecule has 0 N–H and O–H groups in total. The average molecular weight is 366 g/mol. The molecular weight excluding hydrogens is 354 g/mol. The van der Waals surface area contributed by atoms with Crippen LogP contribution in [0.1, 0.15) is 5.56 Å². The molecule has 1 aromatic carbocycles. The lowest BCUT2D eigenvalue weighted by Gasteiger charge is -2.10. The highest BCUT2D eigenvalue weighted by molar-refractivity contribution is 9.12. The molecule has 0 bridgehead atoms. The topological polar surface area (TPSA) is 20.3 Å². The lowest BCUT2D eigenvalue weighted by molar-refractivity contribution is -0.121. The molecule has 1 heterocycles. The zero-order valence-corrected chi connectivity index (χ0v) is 13.8. The van der Waals surface area contributed by atoms with Crippen LogP contribution in [-0.4, -0.2) is 21.7 Å². The van der Waals surface area contributed by atoms with E-state index in [0.29, 0.717) is 15.8 Å². The summed E-state index contributed by atoms with van der Waals surface area (Å²) in [7, 11) is 0. The fourth-order valence-electron chi connectivity index (χ4n) is 1.66. The summed E-state index contributed by atoms with van der Waals surface area (Å²) < 4.78 is 1.41. The quantitative estimate of drug-likeness (QED) is 0.449. The van der Waals surface area contributed by atoms with Crippen molar-refractivity contribution in [2.75, 3.05) is 6.54 Å². The minimum absolute atomic E-state index is 0.0710. The van der Waals surface area contributed by atoms with Crippen LogP contribution in [0.2, 0.25) is 0 Å². The molecule has 0 aliphatic carbocycles. The Morgan fingerprint density at radius 3 is 2.75 bits per heavy atom. The molecule has 1 fully saturated rings. The van der Waals surface area contributed by atoms with E-state index in [-0.39, 0.29) is 5.91 Å². The van der Waals surface area contributed by atoms with Crippen molar-refractivity contribution in [3.05, 3.63) is 64.0 Å². The second-order valence-electron chi connectivity index (χ2n) is 4.02. The largest absolute Gasteiger partial charge is 0.289 e. The fourth-order valence-corrected chi connectivity index (χ4v) is 3.57. The second-order valence-corrected chi connectivity index (χ2v) is 6.61.